The molecule has 2 aromatic rings. The Morgan fingerprint density at radius 2 is 1.71 bits per heavy atom. The van der Waals surface area contributed by atoms with Crippen LogP contribution in [0.5, 0.6) is 0 Å². The van der Waals surface area contributed by atoms with E-state index >= 15 is 0 Å². The molecule has 0 aliphatic rings. The minimum absolute atomic E-state index is 0.0568. The third-order valence-corrected chi connectivity index (χ3v) is 3.38. The van der Waals surface area contributed by atoms with E-state index in [-0.39, 0.29) is 5.78 Å². The molecule has 0 fully saturated rings. The fourth-order valence-corrected chi connectivity index (χ4v) is 2.13. The summed E-state index contributed by atoms with van der Waals surface area (Å²) >= 11 is 3.38. The molecule has 0 amide bonds. The highest BCUT2D eigenvalue weighted by molar-refractivity contribution is 9.10. The molecule has 86 valence electrons. The molecule has 0 aliphatic heterocycles. The van der Waals surface area contributed by atoms with Gasteiger partial charge in [-0.1, -0.05) is 40.2 Å². The number of benzene rings is 2. The average Bonchev–Trinajstić information content (AvgIpc) is 2.32. The number of nitrogens with two attached hydrogens (primary N) is 1. The molecule has 0 saturated heterocycles. The SMILES string of the molecule is Cc1cccc(C(=O)c2ccccc2Br)c1N. The lowest BCUT2D eigenvalue weighted by atomic mass is 9.99. The lowest BCUT2D eigenvalue weighted by Crippen LogP contribution is -2.07. The summed E-state index contributed by atoms with van der Waals surface area (Å²) in [5.41, 5.74) is 8.59. The van der Waals surface area contributed by atoms with Gasteiger partial charge in [0.05, 0.1) is 0 Å². The second-order valence-electron chi connectivity index (χ2n) is 3.85. The highest BCUT2D eigenvalue weighted by Crippen LogP contribution is 2.24. The quantitative estimate of drug-likeness (QED) is 0.678. The van der Waals surface area contributed by atoms with Crippen LogP contribution in [-0.4, -0.2) is 5.78 Å². The molecule has 0 saturated carbocycles. The van der Waals surface area contributed by atoms with Crippen LogP contribution in [0.15, 0.2) is 46.9 Å². The maximum absolute atomic E-state index is 12.3. The topological polar surface area (TPSA) is 43.1 Å². The summed E-state index contributed by atoms with van der Waals surface area (Å²) < 4.78 is 0.783. The minimum atomic E-state index is -0.0568. The fourth-order valence-electron chi connectivity index (χ4n) is 1.67. The fraction of sp³-hybridized carbons (Fsp3) is 0.0714. The number of aryl methyl sites for hydroxylation is 1. The summed E-state index contributed by atoms with van der Waals surface area (Å²) in [5, 5.41) is 0. The van der Waals surface area contributed by atoms with Crippen molar-refractivity contribution in [3.63, 3.8) is 0 Å². The summed E-state index contributed by atoms with van der Waals surface area (Å²) in [5.74, 6) is -0.0568. The van der Waals surface area contributed by atoms with Crippen molar-refractivity contribution in [2.75, 3.05) is 5.73 Å². The van der Waals surface area contributed by atoms with Crippen LogP contribution in [0.3, 0.4) is 0 Å². The molecule has 2 nitrogen and oxygen atoms in total. The molecule has 0 unspecified atom stereocenters. The van der Waals surface area contributed by atoms with E-state index in [2.05, 4.69) is 15.9 Å². The Hall–Kier alpha value is -1.61. The van der Waals surface area contributed by atoms with E-state index in [0.717, 1.165) is 10.0 Å². The van der Waals surface area contributed by atoms with Crippen LogP contribution in [0.2, 0.25) is 0 Å². The predicted molar refractivity (Wildman–Crippen MR) is 73.2 cm³/mol. The van der Waals surface area contributed by atoms with Gasteiger partial charge in [0, 0.05) is 21.3 Å². The van der Waals surface area contributed by atoms with E-state index in [4.69, 9.17) is 5.73 Å². The van der Waals surface area contributed by atoms with Crippen molar-refractivity contribution in [3.8, 4) is 0 Å². The van der Waals surface area contributed by atoms with Crippen molar-refractivity contribution in [1.29, 1.82) is 0 Å². The summed E-state index contributed by atoms with van der Waals surface area (Å²) in [4.78, 5) is 12.3. The molecular formula is C14H12BrNO. The molecule has 0 bridgehead atoms. The molecule has 2 rings (SSSR count). The van der Waals surface area contributed by atoms with Gasteiger partial charge in [-0.25, -0.2) is 0 Å². The monoisotopic (exact) mass is 289 g/mol. The Bertz CT molecular complexity index is 578. The second kappa shape index (κ2) is 4.72. The van der Waals surface area contributed by atoms with E-state index in [1.165, 1.54) is 0 Å². The minimum Gasteiger partial charge on any atom is -0.398 e. The number of hydrogen-bond donors (Lipinski definition) is 1. The van der Waals surface area contributed by atoms with Gasteiger partial charge in [-0.3, -0.25) is 4.79 Å². The first-order chi connectivity index (χ1) is 8.11. The van der Waals surface area contributed by atoms with E-state index in [9.17, 15) is 4.79 Å². The third kappa shape index (κ3) is 2.24. The summed E-state index contributed by atoms with van der Waals surface area (Å²) in [6, 6.07) is 12.8. The smallest absolute Gasteiger partial charge is 0.196 e. The number of rotatable bonds is 2. The van der Waals surface area contributed by atoms with Crippen LogP contribution in [0.25, 0.3) is 0 Å². The van der Waals surface area contributed by atoms with Crippen LogP contribution in [0, 0.1) is 6.92 Å². The first kappa shape index (κ1) is 11.9. The van der Waals surface area contributed by atoms with Gasteiger partial charge < -0.3 is 5.73 Å². The number of halogens is 1. The average molecular weight is 290 g/mol. The van der Waals surface area contributed by atoms with Crippen molar-refractivity contribution in [2.45, 2.75) is 6.92 Å². The molecule has 0 aromatic heterocycles. The molecule has 3 heteroatoms. The largest absolute Gasteiger partial charge is 0.398 e. The van der Waals surface area contributed by atoms with Gasteiger partial charge in [0.1, 0.15) is 0 Å². The Morgan fingerprint density at radius 1 is 1.06 bits per heavy atom. The van der Waals surface area contributed by atoms with Crippen molar-refractivity contribution in [2.24, 2.45) is 0 Å². The van der Waals surface area contributed by atoms with Gasteiger partial charge in [0.25, 0.3) is 0 Å². The molecule has 2 aromatic carbocycles. The predicted octanol–water partition coefficient (Wildman–Crippen LogP) is 3.57. The zero-order valence-corrected chi connectivity index (χ0v) is 11.0. The molecular weight excluding hydrogens is 278 g/mol. The van der Waals surface area contributed by atoms with Crippen molar-refractivity contribution in [1.82, 2.24) is 0 Å². The molecule has 0 atom stereocenters. The van der Waals surface area contributed by atoms with Gasteiger partial charge in [-0.2, -0.15) is 0 Å². The van der Waals surface area contributed by atoms with Crippen LogP contribution in [0.1, 0.15) is 21.5 Å². The first-order valence-corrected chi connectivity index (χ1v) is 6.05. The first-order valence-electron chi connectivity index (χ1n) is 5.25. The normalized spacial score (nSPS) is 10.2. The standard InChI is InChI=1S/C14H12BrNO/c1-9-5-4-7-11(13(9)16)14(17)10-6-2-3-8-12(10)15/h2-8H,16H2,1H3. The van der Waals surface area contributed by atoms with E-state index in [1.807, 2.05) is 37.3 Å². The molecule has 17 heavy (non-hydrogen) atoms. The zero-order valence-electron chi connectivity index (χ0n) is 9.41. The number of carbonyl (C=O) groups excluding carboxylic acids is 1. The molecule has 2 N–H and O–H groups in total. The number of nitrogen functional groups attached to an aromatic ring is 1. The van der Waals surface area contributed by atoms with Gasteiger partial charge in [0.2, 0.25) is 0 Å². The van der Waals surface area contributed by atoms with E-state index in [1.54, 1.807) is 12.1 Å². The van der Waals surface area contributed by atoms with Crippen molar-refractivity contribution >= 4 is 27.4 Å². The lowest BCUT2D eigenvalue weighted by Gasteiger charge is -2.08. The summed E-state index contributed by atoms with van der Waals surface area (Å²) in [6.45, 7) is 1.89. The van der Waals surface area contributed by atoms with Crippen molar-refractivity contribution in [3.05, 3.63) is 63.6 Å². The highest BCUT2D eigenvalue weighted by atomic mass is 79.9. The molecule has 0 spiro atoms. The van der Waals surface area contributed by atoms with Crippen LogP contribution < -0.4 is 5.73 Å². The second-order valence-corrected chi connectivity index (χ2v) is 4.70. The highest BCUT2D eigenvalue weighted by Gasteiger charge is 2.15. The van der Waals surface area contributed by atoms with Gasteiger partial charge >= 0.3 is 0 Å². The maximum atomic E-state index is 12.3. The van der Waals surface area contributed by atoms with E-state index < -0.39 is 0 Å². The zero-order chi connectivity index (χ0) is 12.4. The Morgan fingerprint density at radius 3 is 2.41 bits per heavy atom. The molecule has 0 heterocycles. The lowest BCUT2D eigenvalue weighted by molar-refractivity contribution is 0.103. The van der Waals surface area contributed by atoms with Crippen LogP contribution >= 0.6 is 15.9 Å². The number of anilines is 1. The summed E-state index contributed by atoms with van der Waals surface area (Å²) in [6.07, 6.45) is 0. The summed E-state index contributed by atoms with van der Waals surface area (Å²) in [7, 11) is 0. The van der Waals surface area contributed by atoms with Crippen molar-refractivity contribution < 1.29 is 4.79 Å². The molecule has 0 radical (unpaired) electrons. The number of hydrogen-bond acceptors (Lipinski definition) is 2. The van der Waals surface area contributed by atoms with Gasteiger partial charge in [-0.05, 0) is 30.7 Å². The Labute approximate surface area is 109 Å². The molecule has 0 aliphatic carbocycles. The number of ketones is 1. The van der Waals surface area contributed by atoms with Gasteiger partial charge in [0.15, 0.2) is 5.78 Å². The van der Waals surface area contributed by atoms with Crippen LogP contribution in [-0.2, 0) is 0 Å². The maximum Gasteiger partial charge on any atom is 0.196 e. The Kier molecular flexibility index (Phi) is 3.29. The van der Waals surface area contributed by atoms with Crippen LogP contribution in [0.4, 0.5) is 5.69 Å². The van der Waals surface area contributed by atoms with E-state index in [0.29, 0.717) is 16.8 Å². The third-order valence-electron chi connectivity index (χ3n) is 2.69. The van der Waals surface area contributed by atoms with Gasteiger partial charge in [-0.15, -0.1) is 0 Å². The number of para-hydroxylation sites is 1. The Balaban J connectivity index is 2.52. The number of carbonyl (C=O) groups is 1.